The number of hydrogen-bond donors (Lipinski definition) is 9. The zero-order valence-electron chi connectivity index (χ0n) is 14.2. The number of carboxylic acid groups (broad SMARTS) is 1. The lowest BCUT2D eigenvalue weighted by atomic mass is 9.99. The number of ether oxygens (including phenoxy) is 3. The normalized spacial score (nSPS) is 45.1. The molecule has 0 bridgehead atoms. The van der Waals surface area contributed by atoms with Crippen LogP contribution in [0.1, 0.15) is 0 Å². The second-order valence-corrected chi connectivity index (χ2v) is 6.42. The van der Waals surface area contributed by atoms with Gasteiger partial charge in [-0.25, -0.2) is 0 Å². The summed E-state index contributed by atoms with van der Waals surface area (Å²) in [6, 6.07) is 0. The maximum Gasteiger partial charge on any atom is 0.317 e. The first kappa shape index (κ1) is 22.3. The second kappa shape index (κ2) is 9.02. The summed E-state index contributed by atoms with van der Waals surface area (Å²) >= 11 is 0. The molecule has 13 heteroatoms. The number of aliphatic hydroxyl groups excluding tert-OH is 6. The predicted octanol–water partition coefficient (Wildman–Crippen LogP) is -5.71. The zero-order valence-corrected chi connectivity index (χ0v) is 14.2. The van der Waals surface area contributed by atoms with Crippen LogP contribution in [-0.4, -0.2) is 128 Å². The third-order valence-corrected chi connectivity index (χ3v) is 4.47. The molecule has 158 valence electrons. The molecule has 13 nitrogen and oxygen atoms in total. The summed E-state index contributed by atoms with van der Waals surface area (Å²) in [5, 5.41) is 79.8. The number of hydrogen-bond acceptors (Lipinski definition) is 12. The number of aliphatic hydroxyl groups is 7. The highest BCUT2D eigenvalue weighted by Gasteiger charge is 2.56. The summed E-state index contributed by atoms with van der Waals surface area (Å²) in [5.74, 6) is -3.51. The van der Waals surface area contributed by atoms with Crippen LogP contribution in [0, 0.1) is 0 Å². The number of rotatable bonds is 8. The van der Waals surface area contributed by atoms with Gasteiger partial charge < -0.3 is 60.4 Å². The van der Waals surface area contributed by atoms with Gasteiger partial charge >= 0.3 is 5.97 Å². The molecular weight excluding hydrogens is 374 g/mol. The van der Waals surface area contributed by atoms with E-state index in [9.17, 15) is 40.5 Å². The minimum atomic E-state index is -2.30. The molecule has 2 heterocycles. The van der Waals surface area contributed by atoms with Gasteiger partial charge in [-0.2, -0.15) is 0 Å². The number of aliphatic carboxylic acids is 1. The van der Waals surface area contributed by atoms with E-state index in [1.165, 1.54) is 0 Å². The quantitative estimate of drug-likeness (QED) is 0.186. The van der Waals surface area contributed by atoms with Gasteiger partial charge in [0.15, 0.2) is 6.29 Å². The van der Waals surface area contributed by atoms with Crippen molar-refractivity contribution < 1.29 is 59.9 Å². The molecule has 9 N–H and O–H groups in total. The molecular formula is C14H25NO12. The average Bonchev–Trinajstić information content (AvgIpc) is 2.86. The lowest BCUT2D eigenvalue weighted by Gasteiger charge is -2.41. The molecule has 1 unspecified atom stereocenters. The first-order valence-electron chi connectivity index (χ1n) is 8.22. The molecule has 2 fully saturated rings. The Bertz CT molecular complexity index is 506. The van der Waals surface area contributed by atoms with Crippen LogP contribution in [0.2, 0.25) is 0 Å². The highest BCUT2D eigenvalue weighted by atomic mass is 16.7. The molecule has 2 rings (SSSR count). The first-order valence-corrected chi connectivity index (χ1v) is 8.22. The van der Waals surface area contributed by atoms with Gasteiger partial charge in [0.1, 0.15) is 42.7 Å². The van der Waals surface area contributed by atoms with E-state index in [2.05, 4.69) is 5.32 Å². The van der Waals surface area contributed by atoms with Crippen molar-refractivity contribution in [2.75, 3.05) is 26.3 Å². The summed E-state index contributed by atoms with van der Waals surface area (Å²) in [6.45, 7) is -2.44. The Kier molecular flexibility index (Phi) is 7.46. The molecule has 0 radical (unpaired) electrons. The molecule has 27 heavy (non-hydrogen) atoms. The summed E-state index contributed by atoms with van der Waals surface area (Å²) in [4.78, 5) is 10.5. The molecule has 2 aliphatic rings. The predicted molar refractivity (Wildman–Crippen MR) is 82.1 cm³/mol. The molecule has 0 aromatic rings. The third kappa shape index (κ3) is 4.72. The number of nitrogens with one attached hydrogen (secondary N) is 1. The van der Waals surface area contributed by atoms with E-state index >= 15 is 0 Å². The Morgan fingerprint density at radius 3 is 2.22 bits per heavy atom. The van der Waals surface area contributed by atoms with Gasteiger partial charge in [0.05, 0.1) is 26.3 Å². The molecule has 2 saturated heterocycles. The van der Waals surface area contributed by atoms with Gasteiger partial charge in [-0.1, -0.05) is 0 Å². The van der Waals surface area contributed by atoms with Gasteiger partial charge in [0.2, 0.25) is 5.79 Å². The Hall–Kier alpha value is -0.970. The summed E-state index contributed by atoms with van der Waals surface area (Å²) in [7, 11) is 0. The summed E-state index contributed by atoms with van der Waals surface area (Å²) < 4.78 is 15.7. The Morgan fingerprint density at radius 1 is 1.04 bits per heavy atom. The van der Waals surface area contributed by atoms with E-state index in [1.54, 1.807) is 0 Å². The van der Waals surface area contributed by atoms with E-state index in [1.807, 2.05) is 0 Å². The van der Waals surface area contributed by atoms with Crippen LogP contribution in [0.3, 0.4) is 0 Å². The topological polar surface area (TPSA) is 219 Å². The average molecular weight is 399 g/mol. The minimum absolute atomic E-state index is 0.508. The van der Waals surface area contributed by atoms with E-state index in [0.29, 0.717) is 0 Å². The smallest absolute Gasteiger partial charge is 0.317 e. The van der Waals surface area contributed by atoms with Crippen molar-refractivity contribution in [1.82, 2.24) is 5.32 Å². The van der Waals surface area contributed by atoms with Crippen molar-refractivity contribution in [3.63, 3.8) is 0 Å². The van der Waals surface area contributed by atoms with E-state index in [4.69, 9.17) is 19.3 Å². The zero-order chi connectivity index (χ0) is 20.4. The van der Waals surface area contributed by atoms with Crippen molar-refractivity contribution in [2.45, 2.75) is 54.8 Å². The fourth-order valence-electron chi connectivity index (χ4n) is 2.99. The molecule has 9 atom stereocenters. The fraction of sp³-hybridized carbons (Fsp3) is 0.929. The van der Waals surface area contributed by atoms with Crippen LogP contribution < -0.4 is 5.32 Å². The van der Waals surface area contributed by atoms with Crippen molar-refractivity contribution >= 4 is 5.97 Å². The van der Waals surface area contributed by atoms with Crippen LogP contribution in [-0.2, 0) is 19.0 Å². The summed E-state index contributed by atoms with van der Waals surface area (Å²) in [6.07, 6.45) is -12.5. The molecule has 0 amide bonds. The fourth-order valence-corrected chi connectivity index (χ4v) is 2.99. The highest BCUT2D eigenvalue weighted by Crippen LogP contribution is 2.33. The molecule has 2 aliphatic heterocycles. The first-order chi connectivity index (χ1) is 12.6. The number of carbonyl (C=O) groups is 1. The molecule has 0 aromatic carbocycles. The Balaban J connectivity index is 2.08. The lowest BCUT2D eigenvalue weighted by Crippen LogP contribution is -2.61. The standard InChI is InChI=1S/C14H25NO12/c16-2-5-8(20)9(21)10(22)13(25-5)26-11-6(3-17)27-14(24,12(11)23)4-15-1-7(18)19/h5-6,8-13,15-17,20-24H,1-4H2,(H,18,19)/t5-,6-,8+,9+,10-,11-,12+,13+,14?/m1/s1. The molecule has 0 aromatic heterocycles. The number of carboxylic acids is 1. The summed E-state index contributed by atoms with van der Waals surface area (Å²) in [5.41, 5.74) is 0. The van der Waals surface area contributed by atoms with Gasteiger partial charge in [-0.05, 0) is 0 Å². The van der Waals surface area contributed by atoms with Gasteiger partial charge in [0.25, 0.3) is 0 Å². The minimum Gasteiger partial charge on any atom is -0.480 e. The van der Waals surface area contributed by atoms with Crippen LogP contribution in [0.4, 0.5) is 0 Å². The monoisotopic (exact) mass is 399 g/mol. The van der Waals surface area contributed by atoms with Crippen molar-refractivity contribution in [2.24, 2.45) is 0 Å². The van der Waals surface area contributed by atoms with Crippen LogP contribution in [0.15, 0.2) is 0 Å². The van der Waals surface area contributed by atoms with Gasteiger partial charge in [0, 0.05) is 0 Å². The van der Waals surface area contributed by atoms with E-state index < -0.39 is 87.1 Å². The largest absolute Gasteiger partial charge is 0.480 e. The highest BCUT2D eigenvalue weighted by molar-refractivity contribution is 5.68. The van der Waals surface area contributed by atoms with E-state index in [-0.39, 0.29) is 0 Å². The van der Waals surface area contributed by atoms with Crippen molar-refractivity contribution in [3.05, 3.63) is 0 Å². The molecule has 0 aliphatic carbocycles. The molecule has 0 spiro atoms. The van der Waals surface area contributed by atoms with Crippen LogP contribution in [0.5, 0.6) is 0 Å². The third-order valence-electron chi connectivity index (χ3n) is 4.47. The molecule has 0 saturated carbocycles. The SMILES string of the molecule is O=C(O)CNCC1(O)O[C@H](CO)[C@@H](O[C@@H]2O[C@H](CO)[C@H](O)[C@H](O)[C@H]2O)[C@@H]1O. The van der Waals surface area contributed by atoms with E-state index in [0.717, 1.165) is 0 Å². The second-order valence-electron chi connectivity index (χ2n) is 6.42. The van der Waals surface area contributed by atoms with Gasteiger partial charge in [-0.3, -0.25) is 4.79 Å². The Labute approximate surface area is 153 Å². The van der Waals surface area contributed by atoms with Gasteiger partial charge in [-0.15, -0.1) is 0 Å². The van der Waals surface area contributed by atoms with Crippen molar-refractivity contribution in [3.8, 4) is 0 Å². The lowest BCUT2D eigenvalue weighted by molar-refractivity contribution is -0.318. The van der Waals surface area contributed by atoms with Crippen molar-refractivity contribution in [1.29, 1.82) is 0 Å². The maximum atomic E-state index is 10.5. The maximum absolute atomic E-state index is 10.5. The van der Waals surface area contributed by atoms with Crippen LogP contribution >= 0.6 is 0 Å². The van der Waals surface area contributed by atoms with Crippen LogP contribution in [0.25, 0.3) is 0 Å². The Morgan fingerprint density at radius 2 is 1.67 bits per heavy atom.